The molecule has 1 aromatic heterocycles. The van der Waals surface area contributed by atoms with Crippen LogP contribution in [0.15, 0.2) is 60.9 Å². The molecule has 1 aliphatic rings. The number of hydrogen-bond donors (Lipinski definition) is 2. The van der Waals surface area contributed by atoms with Gasteiger partial charge in [0.25, 0.3) is 0 Å². The van der Waals surface area contributed by atoms with Crippen molar-refractivity contribution in [3.05, 3.63) is 72.2 Å². The van der Waals surface area contributed by atoms with Gasteiger partial charge in [-0.15, -0.1) is 0 Å². The minimum atomic E-state index is -0.0166. The molecule has 4 rings (SSSR count). The number of amides is 1. The molecule has 0 radical (unpaired) electrons. The third-order valence-electron chi connectivity index (χ3n) is 4.86. The first-order chi connectivity index (χ1) is 12.7. The molecule has 3 aromatic rings. The van der Waals surface area contributed by atoms with E-state index in [0.29, 0.717) is 13.0 Å². The first-order valence-electron chi connectivity index (χ1n) is 8.86. The lowest BCUT2D eigenvalue weighted by Crippen LogP contribution is -2.21. The highest BCUT2D eigenvalue weighted by Crippen LogP contribution is 2.27. The van der Waals surface area contributed by atoms with Crippen LogP contribution in [0.2, 0.25) is 0 Å². The molecule has 26 heavy (non-hydrogen) atoms. The van der Waals surface area contributed by atoms with Crippen LogP contribution >= 0.6 is 0 Å². The number of nitrogens with zero attached hydrogens (tertiary/aromatic N) is 2. The highest BCUT2D eigenvalue weighted by atomic mass is 16.3. The molecule has 1 saturated heterocycles. The molecule has 2 N–H and O–H groups in total. The minimum Gasteiger partial charge on any atom is -0.508 e. The molecule has 0 spiro atoms. The van der Waals surface area contributed by atoms with Crippen molar-refractivity contribution in [1.29, 1.82) is 0 Å². The maximum Gasteiger partial charge on any atom is 0.223 e. The quantitative estimate of drug-likeness (QED) is 0.746. The van der Waals surface area contributed by atoms with Crippen molar-refractivity contribution >= 4 is 5.91 Å². The van der Waals surface area contributed by atoms with Gasteiger partial charge in [0.1, 0.15) is 5.75 Å². The Bertz CT molecular complexity index is 918. The second kappa shape index (κ2) is 7.04. The predicted molar refractivity (Wildman–Crippen MR) is 99.7 cm³/mol. The van der Waals surface area contributed by atoms with Crippen molar-refractivity contribution in [2.45, 2.75) is 19.4 Å². The average molecular weight is 347 g/mol. The largest absolute Gasteiger partial charge is 0.508 e. The summed E-state index contributed by atoms with van der Waals surface area (Å²) in [5.74, 6) is 0.355. The summed E-state index contributed by atoms with van der Waals surface area (Å²) in [5, 5.41) is 12.6. The number of aromatic nitrogens is 2. The highest BCUT2D eigenvalue weighted by Gasteiger charge is 2.27. The monoisotopic (exact) mass is 347 g/mol. The molecule has 1 fully saturated rings. The van der Waals surface area contributed by atoms with Crippen LogP contribution in [0, 0.1) is 5.92 Å². The van der Waals surface area contributed by atoms with Gasteiger partial charge in [0.15, 0.2) is 0 Å². The van der Waals surface area contributed by atoms with Crippen LogP contribution in [0.5, 0.6) is 5.75 Å². The lowest BCUT2D eigenvalue weighted by molar-refractivity contribution is -0.122. The van der Waals surface area contributed by atoms with Crippen LogP contribution in [0.1, 0.15) is 17.7 Å². The van der Waals surface area contributed by atoms with Gasteiger partial charge in [0.2, 0.25) is 5.91 Å². The fraction of sp³-hybridized carbons (Fsp3) is 0.238. The number of carbonyl (C=O) groups excluding carboxylic acids is 1. The summed E-state index contributed by atoms with van der Waals surface area (Å²) < 4.78 is 2.09. The Kier molecular flexibility index (Phi) is 4.44. The summed E-state index contributed by atoms with van der Waals surface area (Å²) in [6, 6.07) is 17.3. The fourth-order valence-electron chi connectivity index (χ4n) is 3.52. The minimum absolute atomic E-state index is 0.0166. The number of hydrogen-bond acceptors (Lipinski definition) is 3. The van der Waals surface area contributed by atoms with Crippen LogP contribution in [0.3, 0.4) is 0 Å². The van der Waals surface area contributed by atoms with Crippen molar-refractivity contribution < 1.29 is 9.90 Å². The van der Waals surface area contributed by atoms with Crippen LogP contribution in [0.25, 0.3) is 11.3 Å². The molecule has 2 heterocycles. The summed E-state index contributed by atoms with van der Waals surface area (Å²) in [4.78, 5) is 16.7. The van der Waals surface area contributed by atoms with Crippen LogP contribution in [-0.2, 0) is 17.8 Å². The van der Waals surface area contributed by atoms with Gasteiger partial charge in [-0.3, -0.25) is 4.79 Å². The van der Waals surface area contributed by atoms with E-state index in [-0.39, 0.29) is 17.6 Å². The molecule has 132 valence electrons. The maximum atomic E-state index is 12.1. The summed E-state index contributed by atoms with van der Waals surface area (Å²) >= 11 is 0. The second-order valence-corrected chi connectivity index (χ2v) is 6.68. The van der Waals surface area contributed by atoms with Gasteiger partial charge in [-0.1, -0.05) is 42.5 Å². The Labute approximate surface area is 152 Å². The van der Waals surface area contributed by atoms with Crippen molar-refractivity contribution in [3.63, 3.8) is 0 Å². The first-order valence-corrected chi connectivity index (χ1v) is 8.86. The molecule has 0 aliphatic carbocycles. The van der Waals surface area contributed by atoms with Gasteiger partial charge in [-0.05, 0) is 24.1 Å². The number of aromatic hydroxyl groups is 1. The molecule has 1 unspecified atom stereocenters. The number of benzene rings is 2. The number of nitrogens with one attached hydrogen (secondary N) is 1. The number of phenolic OH excluding ortho intramolecular Hbond substituents is 1. The lowest BCUT2D eigenvalue weighted by Gasteiger charge is -2.13. The molecule has 2 aromatic carbocycles. The summed E-state index contributed by atoms with van der Waals surface area (Å²) in [5.41, 5.74) is 4.03. The number of imidazole rings is 1. The smallest absolute Gasteiger partial charge is 0.223 e. The number of rotatable bonds is 5. The summed E-state index contributed by atoms with van der Waals surface area (Å²) in [6.45, 7) is 1.35. The fourth-order valence-corrected chi connectivity index (χ4v) is 3.52. The Morgan fingerprint density at radius 2 is 2.00 bits per heavy atom. The summed E-state index contributed by atoms with van der Waals surface area (Å²) in [6.07, 6.45) is 3.34. The SMILES string of the molecule is O=C1NCCC1Cc1c(-c2ccccc2)ncn1Cc1cccc(O)c1. The summed E-state index contributed by atoms with van der Waals surface area (Å²) in [7, 11) is 0. The average Bonchev–Trinajstić information content (AvgIpc) is 3.23. The van der Waals surface area contributed by atoms with Crippen molar-refractivity contribution in [2.24, 2.45) is 5.92 Å². The van der Waals surface area contributed by atoms with Gasteiger partial charge in [0.05, 0.1) is 12.0 Å². The van der Waals surface area contributed by atoms with Crippen LogP contribution in [0.4, 0.5) is 0 Å². The molecule has 1 amide bonds. The van der Waals surface area contributed by atoms with E-state index in [1.807, 2.05) is 48.8 Å². The van der Waals surface area contributed by atoms with Gasteiger partial charge in [0, 0.05) is 36.7 Å². The molecule has 5 nitrogen and oxygen atoms in total. The van der Waals surface area contributed by atoms with Gasteiger partial charge < -0.3 is 15.0 Å². The number of carbonyl (C=O) groups is 1. The van der Waals surface area contributed by atoms with E-state index in [0.717, 1.165) is 35.5 Å². The van der Waals surface area contributed by atoms with E-state index >= 15 is 0 Å². The third-order valence-corrected chi connectivity index (χ3v) is 4.86. The lowest BCUT2D eigenvalue weighted by atomic mass is 9.98. The Hall–Kier alpha value is -3.08. The van der Waals surface area contributed by atoms with Gasteiger partial charge in [-0.2, -0.15) is 0 Å². The Balaban J connectivity index is 1.71. The number of phenols is 1. The van der Waals surface area contributed by atoms with Gasteiger partial charge >= 0.3 is 0 Å². The second-order valence-electron chi connectivity index (χ2n) is 6.68. The molecular weight excluding hydrogens is 326 g/mol. The molecule has 0 saturated carbocycles. The topological polar surface area (TPSA) is 67.2 Å². The molecular formula is C21H21N3O2. The van der Waals surface area contributed by atoms with E-state index in [4.69, 9.17) is 0 Å². The first kappa shape index (κ1) is 16.4. The van der Waals surface area contributed by atoms with E-state index < -0.39 is 0 Å². The Morgan fingerprint density at radius 1 is 1.15 bits per heavy atom. The van der Waals surface area contributed by atoms with Gasteiger partial charge in [-0.25, -0.2) is 4.98 Å². The zero-order chi connectivity index (χ0) is 17.9. The zero-order valence-corrected chi connectivity index (χ0v) is 14.4. The van der Waals surface area contributed by atoms with Crippen molar-refractivity contribution in [3.8, 4) is 17.0 Å². The van der Waals surface area contributed by atoms with E-state index in [9.17, 15) is 9.90 Å². The zero-order valence-electron chi connectivity index (χ0n) is 14.4. The Morgan fingerprint density at radius 3 is 2.73 bits per heavy atom. The van der Waals surface area contributed by atoms with E-state index in [1.54, 1.807) is 12.1 Å². The standard InChI is InChI=1S/C21H21N3O2/c25-18-8-4-5-15(11-18)13-24-14-23-20(16-6-2-1-3-7-16)19(24)12-17-9-10-22-21(17)26/h1-8,11,14,17,25H,9-10,12-13H2,(H,22,26). The van der Waals surface area contributed by atoms with Crippen molar-refractivity contribution in [1.82, 2.24) is 14.9 Å². The van der Waals surface area contributed by atoms with E-state index in [2.05, 4.69) is 14.9 Å². The predicted octanol–water partition coefficient (Wildman–Crippen LogP) is 2.98. The molecule has 1 atom stereocenters. The van der Waals surface area contributed by atoms with E-state index in [1.165, 1.54) is 0 Å². The molecule has 0 bridgehead atoms. The van der Waals surface area contributed by atoms with Crippen LogP contribution < -0.4 is 5.32 Å². The maximum absolute atomic E-state index is 12.1. The highest BCUT2D eigenvalue weighted by molar-refractivity contribution is 5.81. The third kappa shape index (κ3) is 3.33. The van der Waals surface area contributed by atoms with Crippen molar-refractivity contribution in [2.75, 3.05) is 6.54 Å². The van der Waals surface area contributed by atoms with Crippen LogP contribution in [-0.4, -0.2) is 27.1 Å². The molecule has 5 heteroatoms. The normalized spacial score (nSPS) is 16.6. The molecule has 1 aliphatic heterocycles.